The molecule has 0 saturated carbocycles. The van der Waals surface area contributed by atoms with E-state index in [4.69, 9.17) is 4.74 Å². The van der Waals surface area contributed by atoms with Crippen LogP contribution in [0.4, 0.5) is 0 Å². The van der Waals surface area contributed by atoms with Crippen LogP contribution in [0.2, 0.25) is 0 Å². The Hall–Kier alpha value is -1.16. The van der Waals surface area contributed by atoms with Gasteiger partial charge in [0.05, 0.1) is 12.2 Å². The average Bonchev–Trinajstić information content (AvgIpc) is 2.22. The summed E-state index contributed by atoms with van der Waals surface area (Å²) in [6.45, 7) is 3.87. The zero-order chi connectivity index (χ0) is 11.4. The highest BCUT2D eigenvalue weighted by Crippen LogP contribution is 2.21. The average molecular weight is 271 g/mol. The van der Waals surface area contributed by atoms with E-state index < -0.39 is 5.97 Å². The van der Waals surface area contributed by atoms with Gasteiger partial charge in [-0.3, -0.25) is 4.79 Å². The van der Waals surface area contributed by atoms with Crippen LogP contribution < -0.4 is 0 Å². The van der Waals surface area contributed by atoms with Gasteiger partial charge in [-0.15, -0.1) is 0 Å². The van der Waals surface area contributed by atoms with Crippen molar-refractivity contribution in [3.8, 4) is 0 Å². The molecule has 0 heterocycles. The number of hydrogen-bond donors (Lipinski definition) is 0. The SMILES string of the molecule is CCOC(=O)c1cc(Br)c(C)c(C=O)c1. The molecule has 1 aromatic carbocycles. The van der Waals surface area contributed by atoms with Crippen LogP contribution in [0.1, 0.15) is 33.2 Å². The third kappa shape index (κ3) is 2.65. The molecule has 0 bridgehead atoms. The molecule has 1 rings (SSSR count). The summed E-state index contributed by atoms with van der Waals surface area (Å²) in [4.78, 5) is 22.2. The van der Waals surface area contributed by atoms with E-state index in [-0.39, 0.29) is 0 Å². The first-order chi connectivity index (χ1) is 7.10. The highest BCUT2D eigenvalue weighted by molar-refractivity contribution is 9.10. The second kappa shape index (κ2) is 5.07. The molecule has 0 N–H and O–H groups in total. The van der Waals surface area contributed by atoms with Crippen molar-refractivity contribution in [3.63, 3.8) is 0 Å². The third-order valence-electron chi connectivity index (χ3n) is 2.02. The molecule has 0 spiro atoms. The second-order valence-electron chi connectivity index (χ2n) is 3.01. The fourth-order valence-corrected chi connectivity index (χ4v) is 1.63. The summed E-state index contributed by atoms with van der Waals surface area (Å²) >= 11 is 3.29. The van der Waals surface area contributed by atoms with Crippen LogP contribution in [-0.2, 0) is 4.74 Å². The van der Waals surface area contributed by atoms with Crippen molar-refractivity contribution in [3.05, 3.63) is 33.3 Å². The predicted octanol–water partition coefficient (Wildman–Crippen LogP) is 2.75. The smallest absolute Gasteiger partial charge is 0.338 e. The number of hydrogen-bond acceptors (Lipinski definition) is 3. The molecule has 1 aromatic rings. The molecule has 0 unspecified atom stereocenters. The minimum absolute atomic E-state index is 0.320. The van der Waals surface area contributed by atoms with Crippen molar-refractivity contribution in [1.29, 1.82) is 0 Å². The van der Waals surface area contributed by atoms with Crippen LogP contribution in [0, 0.1) is 6.92 Å². The first-order valence-corrected chi connectivity index (χ1v) is 5.32. The van der Waals surface area contributed by atoms with Gasteiger partial charge in [-0.25, -0.2) is 4.79 Å². The van der Waals surface area contributed by atoms with Crippen molar-refractivity contribution in [2.24, 2.45) is 0 Å². The van der Waals surface area contributed by atoms with Crippen molar-refractivity contribution in [2.75, 3.05) is 6.61 Å². The maximum absolute atomic E-state index is 11.4. The van der Waals surface area contributed by atoms with Gasteiger partial charge in [-0.1, -0.05) is 15.9 Å². The first-order valence-electron chi connectivity index (χ1n) is 4.52. The molecule has 4 heteroatoms. The van der Waals surface area contributed by atoms with Crippen molar-refractivity contribution in [1.82, 2.24) is 0 Å². The molecule has 0 saturated heterocycles. The quantitative estimate of drug-likeness (QED) is 0.627. The Morgan fingerprint density at radius 1 is 1.53 bits per heavy atom. The van der Waals surface area contributed by atoms with E-state index in [2.05, 4.69) is 15.9 Å². The van der Waals surface area contributed by atoms with E-state index >= 15 is 0 Å². The van der Waals surface area contributed by atoms with E-state index in [9.17, 15) is 9.59 Å². The van der Waals surface area contributed by atoms with E-state index in [1.165, 1.54) is 6.07 Å². The summed E-state index contributed by atoms with van der Waals surface area (Å²) in [5, 5.41) is 0. The summed E-state index contributed by atoms with van der Waals surface area (Å²) in [7, 11) is 0. The number of aldehydes is 1. The molecular formula is C11H11BrO3. The normalized spacial score (nSPS) is 9.80. The van der Waals surface area contributed by atoms with Crippen molar-refractivity contribution >= 4 is 28.2 Å². The molecule has 0 fully saturated rings. The predicted molar refractivity (Wildman–Crippen MR) is 60.2 cm³/mol. The lowest BCUT2D eigenvalue weighted by Gasteiger charge is -2.06. The molecule has 0 radical (unpaired) electrons. The van der Waals surface area contributed by atoms with Crippen molar-refractivity contribution in [2.45, 2.75) is 13.8 Å². The summed E-state index contributed by atoms with van der Waals surface area (Å²) in [6, 6.07) is 3.19. The van der Waals surface area contributed by atoms with Crippen molar-refractivity contribution < 1.29 is 14.3 Å². The lowest BCUT2D eigenvalue weighted by Crippen LogP contribution is -2.06. The van der Waals surface area contributed by atoms with E-state index in [0.29, 0.717) is 17.7 Å². The minimum atomic E-state index is -0.415. The Balaban J connectivity index is 3.16. The largest absolute Gasteiger partial charge is 0.462 e. The van der Waals surface area contributed by atoms with Crippen LogP contribution in [0.25, 0.3) is 0 Å². The highest BCUT2D eigenvalue weighted by Gasteiger charge is 2.11. The number of carbonyl (C=O) groups excluding carboxylic acids is 2. The third-order valence-corrected chi connectivity index (χ3v) is 2.85. The fourth-order valence-electron chi connectivity index (χ4n) is 1.15. The van der Waals surface area contributed by atoms with Gasteiger partial charge >= 0.3 is 5.97 Å². The number of ether oxygens (including phenoxy) is 1. The summed E-state index contributed by atoms with van der Waals surface area (Å²) in [5.74, 6) is -0.415. The summed E-state index contributed by atoms with van der Waals surface area (Å²) in [5.41, 5.74) is 1.70. The molecule has 15 heavy (non-hydrogen) atoms. The van der Waals surface area contributed by atoms with Gasteiger partial charge in [0.15, 0.2) is 0 Å². The lowest BCUT2D eigenvalue weighted by atomic mass is 10.1. The maximum atomic E-state index is 11.4. The molecule has 0 aliphatic heterocycles. The van der Waals surface area contributed by atoms with Crippen LogP contribution in [0.3, 0.4) is 0 Å². The zero-order valence-electron chi connectivity index (χ0n) is 8.54. The molecule has 0 aliphatic carbocycles. The monoisotopic (exact) mass is 270 g/mol. The molecule has 0 aliphatic rings. The molecule has 80 valence electrons. The van der Waals surface area contributed by atoms with Gasteiger partial charge in [-0.05, 0) is 31.5 Å². The van der Waals surface area contributed by atoms with Gasteiger partial charge in [0.2, 0.25) is 0 Å². The Kier molecular flexibility index (Phi) is 4.03. The van der Waals surface area contributed by atoms with Gasteiger partial charge < -0.3 is 4.74 Å². The van der Waals surface area contributed by atoms with Crippen LogP contribution in [-0.4, -0.2) is 18.9 Å². The highest BCUT2D eigenvalue weighted by atomic mass is 79.9. The topological polar surface area (TPSA) is 43.4 Å². The van der Waals surface area contributed by atoms with E-state index in [0.717, 1.165) is 16.3 Å². The second-order valence-corrected chi connectivity index (χ2v) is 3.86. The van der Waals surface area contributed by atoms with E-state index in [1.54, 1.807) is 13.0 Å². The number of rotatable bonds is 3. The minimum Gasteiger partial charge on any atom is -0.462 e. The molecule has 0 aromatic heterocycles. The number of esters is 1. The zero-order valence-corrected chi connectivity index (χ0v) is 10.1. The first kappa shape index (κ1) is 11.9. The van der Waals surface area contributed by atoms with Gasteiger partial charge in [0.1, 0.15) is 6.29 Å². The number of halogens is 1. The Labute approximate surface area is 96.6 Å². The molecule has 0 amide bonds. The van der Waals surface area contributed by atoms with Crippen LogP contribution in [0.15, 0.2) is 16.6 Å². The van der Waals surface area contributed by atoms with Crippen LogP contribution >= 0.6 is 15.9 Å². The molecule has 0 atom stereocenters. The standard InChI is InChI=1S/C11H11BrO3/c1-3-15-11(14)8-4-9(6-13)7(2)10(12)5-8/h4-6H,3H2,1-2H3. The lowest BCUT2D eigenvalue weighted by molar-refractivity contribution is 0.0526. The number of benzene rings is 1. The van der Waals surface area contributed by atoms with E-state index in [1.807, 2.05) is 6.92 Å². The van der Waals surface area contributed by atoms with Gasteiger partial charge in [0, 0.05) is 10.0 Å². The fraction of sp³-hybridized carbons (Fsp3) is 0.273. The summed E-state index contributed by atoms with van der Waals surface area (Å²) in [6.07, 6.45) is 0.725. The number of carbonyl (C=O) groups is 2. The Bertz CT molecular complexity index is 399. The Morgan fingerprint density at radius 2 is 2.20 bits per heavy atom. The van der Waals surface area contributed by atoms with Gasteiger partial charge in [-0.2, -0.15) is 0 Å². The molecular weight excluding hydrogens is 260 g/mol. The summed E-state index contributed by atoms with van der Waals surface area (Å²) < 4.78 is 5.58. The molecule has 3 nitrogen and oxygen atoms in total. The maximum Gasteiger partial charge on any atom is 0.338 e. The van der Waals surface area contributed by atoms with Crippen LogP contribution in [0.5, 0.6) is 0 Å². The Morgan fingerprint density at radius 3 is 2.73 bits per heavy atom. The van der Waals surface area contributed by atoms with Gasteiger partial charge in [0.25, 0.3) is 0 Å².